The fourth-order valence-corrected chi connectivity index (χ4v) is 3.90. The molecule has 1 aliphatic heterocycles. The van der Waals surface area contributed by atoms with Gasteiger partial charge in [-0.15, -0.1) is 0 Å². The Bertz CT molecular complexity index is 743. The number of para-hydroxylation sites is 1. The molecule has 6 nitrogen and oxygen atoms in total. The van der Waals surface area contributed by atoms with Crippen LogP contribution >= 0.6 is 0 Å². The summed E-state index contributed by atoms with van der Waals surface area (Å²) < 4.78 is 11.5. The predicted molar refractivity (Wildman–Crippen MR) is 102 cm³/mol. The van der Waals surface area contributed by atoms with Crippen LogP contribution < -0.4 is 15.4 Å². The maximum atomic E-state index is 13.0. The summed E-state index contributed by atoms with van der Waals surface area (Å²) in [6.07, 6.45) is 3.96. The standard InChI is InChI=1S/C21H28N2O4/c1-4-26-17-11-6-5-10-16(17)19-18(14(3)22-21(25)23-19)20(24)27-15-9-7-8-13(2)12-15/h5-6,10-11,13,15,19H,4,7-9,12H2,1-3H3,(H2,22,23,25)/t13-,15-,19+/m0/s1. The van der Waals surface area contributed by atoms with Crippen molar-refractivity contribution in [2.24, 2.45) is 5.92 Å². The number of urea groups is 1. The molecule has 0 radical (unpaired) electrons. The monoisotopic (exact) mass is 372 g/mol. The van der Waals surface area contributed by atoms with Crippen molar-refractivity contribution < 1.29 is 19.1 Å². The highest BCUT2D eigenvalue weighted by atomic mass is 16.5. The third kappa shape index (κ3) is 4.43. The average Bonchev–Trinajstić information content (AvgIpc) is 2.61. The summed E-state index contributed by atoms with van der Waals surface area (Å²) in [5.74, 6) is 0.831. The van der Waals surface area contributed by atoms with Crippen LogP contribution in [0.5, 0.6) is 5.75 Å². The lowest BCUT2D eigenvalue weighted by molar-refractivity contribution is -0.146. The Morgan fingerprint density at radius 1 is 1.26 bits per heavy atom. The third-order valence-electron chi connectivity index (χ3n) is 5.18. The number of nitrogens with one attached hydrogen (secondary N) is 2. The quantitative estimate of drug-likeness (QED) is 0.770. The van der Waals surface area contributed by atoms with Crippen molar-refractivity contribution >= 4 is 12.0 Å². The van der Waals surface area contributed by atoms with Crippen molar-refractivity contribution in [3.05, 3.63) is 41.1 Å². The van der Waals surface area contributed by atoms with Gasteiger partial charge in [0.1, 0.15) is 11.9 Å². The summed E-state index contributed by atoms with van der Waals surface area (Å²) in [7, 11) is 0. The molecule has 3 atom stereocenters. The van der Waals surface area contributed by atoms with Crippen LogP contribution in [0.15, 0.2) is 35.5 Å². The summed E-state index contributed by atoms with van der Waals surface area (Å²) in [5.41, 5.74) is 1.70. The summed E-state index contributed by atoms with van der Waals surface area (Å²) in [6, 6.07) is 6.50. The molecule has 1 aromatic rings. The molecule has 0 aromatic heterocycles. The van der Waals surface area contributed by atoms with E-state index in [0.717, 1.165) is 24.8 Å². The van der Waals surface area contributed by atoms with E-state index < -0.39 is 6.04 Å². The Labute approximate surface area is 160 Å². The normalized spacial score (nSPS) is 25.4. The SMILES string of the molecule is CCOc1ccccc1[C@H]1NC(=O)NC(C)=C1C(=O)O[C@H]1CCC[C@H](C)C1. The van der Waals surface area contributed by atoms with E-state index in [-0.39, 0.29) is 18.1 Å². The van der Waals surface area contributed by atoms with Crippen LogP contribution in [0.3, 0.4) is 0 Å². The van der Waals surface area contributed by atoms with E-state index >= 15 is 0 Å². The summed E-state index contributed by atoms with van der Waals surface area (Å²) in [6.45, 7) is 6.32. The van der Waals surface area contributed by atoms with Crippen LogP contribution in [0.4, 0.5) is 4.79 Å². The molecule has 2 N–H and O–H groups in total. The lowest BCUT2D eigenvalue weighted by atomic mass is 9.88. The first-order chi connectivity index (χ1) is 13.0. The zero-order valence-corrected chi connectivity index (χ0v) is 16.2. The second-order valence-corrected chi connectivity index (χ2v) is 7.34. The molecule has 1 heterocycles. The lowest BCUT2D eigenvalue weighted by Gasteiger charge is -2.31. The van der Waals surface area contributed by atoms with Crippen LogP contribution in [0, 0.1) is 5.92 Å². The Kier molecular flexibility index (Phi) is 6.04. The van der Waals surface area contributed by atoms with Gasteiger partial charge in [-0.3, -0.25) is 0 Å². The van der Waals surface area contributed by atoms with Gasteiger partial charge in [0.05, 0.1) is 18.2 Å². The molecule has 0 unspecified atom stereocenters. The Balaban J connectivity index is 1.89. The van der Waals surface area contributed by atoms with Gasteiger partial charge in [-0.2, -0.15) is 0 Å². The highest BCUT2D eigenvalue weighted by molar-refractivity contribution is 5.95. The molecule has 2 amide bonds. The zero-order valence-electron chi connectivity index (χ0n) is 16.2. The van der Waals surface area contributed by atoms with Crippen molar-refractivity contribution in [2.75, 3.05) is 6.61 Å². The van der Waals surface area contributed by atoms with E-state index in [2.05, 4.69) is 17.6 Å². The van der Waals surface area contributed by atoms with Crippen molar-refractivity contribution in [2.45, 2.75) is 58.6 Å². The molecule has 1 saturated carbocycles. The fraction of sp³-hybridized carbons (Fsp3) is 0.524. The van der Waals surface area contributed by atoms with Crippen molar-refractivity contribution in [1.82, 2.24) is 10.6 Å². The number of ether oxygens (including phenoxy) is 2. The van der Waals surface area contributed by atoms with Gasteiger partial charge in [0.25, 0.3) is 0 Å². The highest BCUT2D eigenvalue weighted by Gasteiger charge is 2.35. The highest BCUT2D eigenvalue weighted by Crippen LogP contribution is 2.34. The van der Waals surface area contributed by atoms with Gasteiger partial charge < -0.3 is 20.1 Å². The number of amides is 2. The molecule has 0 bridgehead atoms. The second-order valence-electron chi connectivity index (χ2n) is 7.34. The largest absolute Gasteiger partial charge is 0.494 e. The van der Waals surface area contributed by atoms with E-state index in [1.54, 1.807) is 6.92 Å². The van der Waals surface area contributed by atoms with E-state index in [4.69, 9.17) is 9.47 Å². The molecule has 0 saturated heterocycles. The Hall–Kier alpha value is -2.50. The second kappa shape index (κ2) is 8.46. The van der Waals surface area contributed by atoms with Crippen molar-refractivity contribution in [3.8, 4) is 5.75 Å². The molecule has 3 rings (SSSR count). The molecule has 1 fully saturated rings. The number of rotatable bonds is 5. The number of esters is 1. The number of hydrogen-bond donors (Lipinski definition) is 2. The van der Waals surface area contributed by atoms with Gasteiger partial charge in [-0.05, 0) is 45.1 Å². The smallest absolute Gasteiger partial charge is 0.338 e. The Morgan fingerprint density at radius 2 is 2.04 bits per heavy atom. The van der Waals surface area contributed by atoms with Crippen molar-refractivity contribution in [1.29, 1.82) is 0 Å². The first-order valence-electron chi connectivity index (χ1n) is 9.70. The minimum atomic E-state index is -0.602. The van der Waals surface area contributed by atoms with Crippen LogP contribution in [0.1, 0.15) is 58.1 Å². The van der Waals surface area contributed by atoms with E-state index in [0.29, 0.717) is 29.5 Å². The summed E-state index contributed by atoms with van der Waals surface area (Å²) in [5, 5.41) is 5.55. The van der Waals surface area contributed by atoms with Crippen molar-refractivity contribution in [3.63, 3.8) is 0 Å². The van der Waals surface area contributed by atoms with Gasteiger partial charge in [0, 0.05) is 11.3 Å². The topological polar surface area (TPSA) is 76.7 Å². The van der Waals surface area contributed by atoms with E-state index in [1.165, 1.54) is 6.42 Å². The lowest BCUT2D eigenvalue weighted by Crippen LogP contribution is -2.45. The summed E-state index contributed by atoms with van der Waals surface area (Å²) >= 11 is 0. The van der Waals surface area contributed by atoms with Gasteiger partial charge in [-0.25, -0.2) is 9.59 Å². The fourth-order valence-electron chi connectivity index (χ4n) is 3.90. The minimum Gasteiger partial charge on any atom is -0.494 e. The molecule has 146 valence electrons. The zero-order chi connectivity index (χ0) is 19.4. The van der Waals surface area contributed by atoms with Gasteiger partial charge in [0.15, 0.2) is 0 Å². The number of carbonyl (C=O) groups is 2. The molecule has 27 heavy (non-hydrogen) atoms. The maximum absolute atomic E-state index is 13.0. The first-order valence-corrected chi connectivity index (χ1v) is 9.70. The number of carbonyl (C=O) groups excluding carboxylic acids is 2. The first kappa shape index (κ1) is 19.3. The van der Waals surface area contributed by atoms with Crippen LogP contribution in [-0.2, 0) is 9.53 Å². The maximum Gasteiger partial charge on any atom is 0.338 e. The van der Waals surface area contributed by atoms with Crippen LogP contribution in [0.25, 0.3) is 0 Å². The molecule has 1 aromatic carbocycles. The molecular formula is C21H28N2O4. The van der Waals surface area contributed by atoms with Gasteiger partial charge >= 0.3 is 12.0 Å². The molecule has 0 spiro atoms. The molecule has 1 aliphatic carbocycles. The van der Waals surface area contributed by atoms with Crippen LogP contribution in [-0.4, -0.2) is 24.7 Å². The number of benzene rings is 1. The predicted octanol–water partition coefficient (Wildman–Crippen LogP) is 3.84. The Morgan fingerprint density at radius 3 is 2.78 bits per heavy atom. The van der Waals surface area contributed by atoms with E-state index in [1.807, 2.05) is 31.2 Å². The van der Waals surface area contributed by atoms with Gasteiger partial charge in [-0.1, -0.05) is 31.5 Å². The molecular weight excluding hydrogens is 344 g/mol. The van der Waals surface area contributed by atoms with E-state index in [9.17, 15) is 9.59 Å². The third-order valence-corrected chi connectivity index (χ3v) is 5.18. The molecule has 6 heteroatoms. The average molecular weight is 372 g/mol. The number of allylic oxidation sites excluding steroid dienone is 1. The van der Waals surface area contributed by atoms with Crippen LogP contribution in [0.2, 0.25) is 0 Å². The summed E-state index contributed by atoms with van der Waals surface area (Å²) in [4.78, 5) is 25.1. The number of hydrogen-bond acceptors (Lipinski definition) is 4. The van der Waals surface area contributed by atoms with Gasteiger partial charge in [0.2, 0.25) is 0 Å². The minimum absolute atomic E-state index is 0.0676. The molecule has 2 aliphatic rings.